The monoisotopic (exact) mass is 281 g/mol. The number of methoxy groups -OCH3 is 1. The molecule has 0 fully saturated rings. The van der Waals surface area contributed by atoms with E-state index in [0.29, 0.717) is 22.3 Å². The molecule has 0 spiro atoms. The van der Waals surface area contributed by atoms with Gasteiger partial charge in [-0.05, 0) is 17.2 Å². The Morgan fingerprint density at radius 2 is 1.72 bits per heavy atom. The van der Waals surface area contributed by atoms with Gasteiger partial charge in [-0.1, -0.05) is 47.5 Å². The van der Waals surface area contributed by atoms with Gasteiger partial charge in [-0.15, -0.1) is 0 Å². The van der Waals surface area contributed by atoms with Crippen LogP contribution in [-0.4, -0.2) is 7.11 Å². The first-order valence-electron chi connectivity index (χ1n) is 5.48. The molecule has 0 saturated carbocycles. The van der Waals surface area contributed by atoms with Gasteiger partial charge in [0.05, 0.1) is 17.2 Å². The molecule has 0 unspecified atom stereocenters. The molecule has 2 rings (SSSR count). The summed E-state index contributed by atoms with van der Waals surface area (Å²) in [4.78, 5) is 0. The first-order chi connectivity index (χ1) is 8.65. The fourth-order valence-electron chi connectivity index (χ4n) is 1.73. The van der Waals surface area contributed by atoms with Crippen molar-refractivity contribution >= 4 is 23.2 Å². The SMILES string of the molecule is COc1cc(Cl)c(-c2ccc(CN)cc2)cc1Cl. The number of ether oxygens (including phenoxy) is 1. The first kappa shape index (κ1) is 13.2. The van der Waals surface area contributed by atoms with Crippen molar-refractivity contribution in [2.24, 2.45) is 5.73 Å². The average Bonchev–Trinajstić information content (AvgIpc) is 2.41. The molecule has 0 amide bonds. The lowest BCUT2D eigenvalue weighted by Crippen LogP contribution is -1.95. The van der Waals surface area contributed by atoms with Crippen molar-refractivity contribution in [3.05, 3.63) is 52.0 Å². The van der Waals surface area contributed by atoms with Crippen LogP contribution < -0.4 is 10.5 Å². The average molecular weight is 282 g/mol. The molecule has 0 heterocycles. The van der Waals surface area contributed by atoms with Gasteiger partial charge in [-0.2, -0.15) is 0 Å². The number of halogens is 2. The van der Waals surface area contributed by atoms with Crippen molar-refractivity contribution in [2.75, 3.05) is 7.11 Å². The highest BCUT2D eigenvalue weighted by atomic mass is 35.5. The maximum atomic E-state index is 6.22. The van der Waals surface area contributed by atoms with Gasteiger partial charge < -0.3 is 10.5 Å². The Labute approximate surface area is 116 Å². The molecule has 4 heteroatoms. The number of benzene rings is 2. The minimum atomic E-state index is 0.525. The van der Waals surface area contributed by atoms with Crippen LogP contribution in [0, 0.1) is 0 Å². The van der Waals surface area contributed by atoms with Gasteiger partial charge in [0.15, 0.2) is 0 Å². The van der Waals surface area contributed by atoms with E-state index in [1.165, 1.54) is 0 Å². The lowest BCUT2D eigenvalue weighted by Gasteiger charge is -2.09. The molecule has 2 nitrogen and oxygen atoms in total. The van der Waals surface area contributed by atoms with Gasteiger partial charge in [0.25, 0.3) is 0 Å². The van der Waals surface area contributed by atoms with Crippen LogP contribution in [0.15, 0.2) is 36.4 Å². The van der Waals surface area contributed by atoms with Gasteiger partial charge in [-0.25, -0.2) is 0 Å². The molecule has 0 aliphatic heterocycles. The molecule has 0 aliphatic rings. The summed E-state index contributed by atoms with van der Waals surface area (Å²) in [6.45, 7) is 0.525. The van der Waals surface area contributed by atoms with Crippen molar-refractivity contribution in [1.82, 2.24) is 0 Å². The van der Waals surface area contributed by atoms with E-state index in [-0.39, 0.29) is 0 Å². The smallest absolute Gasteiger partial charge is 0.138 e. The van der Waals surface area contributed by atoms with Gasteiger partial charge in [-0.3, -0.25) is 0 Å². The second-order valence-electron chi connectivity index (χ2n) is 3.87. The Hall–Kier alpha value is -1.22. The lowest BCUT2D eigenvalue weighted by atomic mass is 10.0. The Morgan fingerprint density at radius 1 is 1.06 bits per heavy atom. The van der Waals surface area contributed by atoms with Gasteiger partial charge in [0, 0.05) is 18.2 Å². The lowest BCUT2D eigenvalue weighted by molar-refractivity contribution is 0.415. The minimum absolute atomic E-state index is 0.525. The number of rotatable bonds is 3. The van der Waals surface area contributed by atoms with Gasteiger partial charge in [0.1, 0.15) is 5.75 Å². The standard InChI is InChI=1S/C14H13Cl2NO/c1-18-14-7-12(15)11(6-13(14)16)10-4-2-9(8-17)3-5-10/h2-7H,8,17H2,1H3. The van der Waals surface area contributed by atoms with Gasteiger partial charge >= 0.3 is 0 Å². The largest absolute Gasteiger partial charge is 0.495 e. The van der Waals surface area contributed by atoms with E-state index in [9.17, 15) is 0 Å². The molecule has 2 aromatic rings. The van der Waals surface area contributed by atoms with E-state index in [1.807, 2.05) is 24.3 Å². The predicted molar refractivity (Wildman–Crippen MR) is 76.3 cm³/mol. The summed E-state index contributed by atoms with van der Waals surface area (Å²) in [5.41, 5.74) is 8.53. The second-order valence-corrected chi connectivity index (χ2v) is 4.68. The highest BCUT2D eigenvalue weighted by Gasteiger charge is 2.09. The molecule has 94 valence electrons. The summed E-state index contributed by atoms with van der Waals surface area (Å²) in [6, 6.07) is 11.4. The molecule has 2 N–H and O–H groups in total. The summed E-state index contributed by atoms with van der Waals surface area (Å²) >= 11 is 12.3. The minimum Gasteiger partial charge on any atom is -0.495 e. The van der Waals surface area contributed by atoms with E-state index in [4.69, 9.17) is 33.7 Å². The highest BCUT2D eigenvalue weighted by Crippen LogP contribution is 2.36. The highest BCUT2D eigenvalue weighted by molar-refractivity contribution is 6.36. The molecule has 0 bridgehead atoms. The number of hydrogen-bond acceptors (Lipinski definition) is 2. The molecule has 18 heavy (non-hydrogen) atoms. The first-order valence-corrected chi connectivity index (χ1v) is 6.23. The van der Waals surface area contributed by atoms with Crippen LogP contribution in [0.5, 0.6) is 5.75 Å². The Bertz CT molecular complexity index is 552. The summed E-state index contributed by atoms with van der Waals surface area (Å²) in [6.07, 6.45) is 0. The van der Waals surface area contributed by atoms with Crippen molar-refractivity contribution in [3.8, 4) is 16.9 Å². The van der Waals surface area contributed by atoms with Crippen LogP contribution in [0.3, 0.4) is 0 Å². The third-order valence-corrected chi connectivity index (χ3v) is 3.35. The zero-order valence-electron chi connectivity index (χ0n) is 9.91. The number of hydrogen-bond donors (Lipinski definition) is 1. The Balaban J connectivity index is 2.46. The van der Waals surface area contributed by atoms with Crippen LogP contribution in [0.1, 0.15) is 5.56 Å². The summed E-state index contributed by atoms with van der Waals surface area (Å²) < 4.78 is 5.12. The summed E-state index contributed by atoms with van der Waals surface area (Å²) in [5.74, 6) is 0.573. The van der Waals surface area contributed by atoms with Crippen LogP contribution in [0.2, 0.25) is 10.0 Å². The predicted octanol–water partition coefficient (Wildman–Crippen LogP) is 4.13. The van der Waals surface area contributed by atoms with Crippen molar-refractivity contribution in [1.29, 1.82) is 0 Å². The molecule has 0 radical (unpaired) electrons. The zero-order valence-corrected chi connectivity index (χ0v) is 11.4. The van der Waals surface area contributed by atoms with Crippen molar-refractivity contribution < 1.29 is 4.74 Å². The third-order valence-electron chi connectivity index (χ3n) is 2.74. The quantitative estimate of drug-likeness (QED) is 0.918. The van der Waals surface area contributed by atoms with Gasteiger partial charge in [0.2, 0.25) is 0 Å². The summed E-state index contributed by atoms with van der Waals surface area (Å²) in [7, 11) is 1.56. The van der Waals surface area contributed by atoms with Crippen LogP contribution in [0.25, 0.3) is 11.1 Å². The van der Waals surface area contributed by atoms with E-state index >= 15 is 0 Å². The number of nitrogens with two attached hydrogens (primary N) is 1. The van der Waals surface area contributed by atoms with E-state index in [0.717, 1.165) is 16.7 Å². The van der Waals surface area contributed by atoms with Crippen LogP contribution >= 0.6 is 23.2 Å². The summed E-state index contributed by atoms with van der Waals surface area (Å²) in [5, 5.41) is 1.15. The van der Waals surface area contributed by atoms with Crippen molar-refractivity contribution in [2.45, 2.75) is 6.54 Å². The molecule has 0 aliphatic carbocycles. The zero-order chi connectivity index (χ0) is 13.1. The third kappa shape index (κ3) is 2.61. The molecule has 2 aromatic carbocycles. The van der Waals surface area contributed by atoms with Crippen LogP contribution in [0.4, 0.5) is 0 Å². The Kier molecular flexibility index (Phi) is 4.12. The molecular weight excluding hydrogens is 269 g/mol. The van der Waals surface area contributed by atoms with E-state index in [2.05, 4.69) is 0 Å². The maximum Gasteiger partial charge on any atom is 0.138 e. The maximum absolute atomic E-state index is 6.22. The van der Waals surface area contributed by atoms with Crippen molar-refractivity contribution in [3.63, 3.8) is 0 Å². The topological polar surface area (TPSA) is 35.2 Å². The van der Waals surface area contributed by atoms with Crippen LogP contribution in [-0.2, 0) is 6.54 Å². The normalized spacial score (nSPS) is 10.4. The van der Waals surface area contributed by atoms with E-state index < -0.39 is 0 Å². The fourth-order valence-corrected chi connectivity index (χ4v) is 2.23. The molecule has 0 atom stereocenters. The second kappa shape index (κ2) is 5.61. The molecule has 0 saturated heterocycles. The fraction of sp³-hybridized carbons (Fsp3) is 0.143. The molecular formula is C14H13Cl2NO. The molecule has 0 aromatic heterocycles. The van der Waals surface area contributed by atoms with E-state index in [1.54, 1.807) is 19.2 Å². The Morgan fingerprint density at radius 3 is 2.28 bits per heavy atom.